The number of hydrogen-bond donors (Lipinski definition) is 1. The van der Waals surface area contributed by atoms with Crippen molar-refractivity contribution in [3.05, 3.63) is 36.0 Å². The maximum Gasteiger partial charge on any atom is 0.252 e. The first-order chi connectivity index (χ1) is 15.1. The van der Waals surface area contributed by atoms with Crippen molar-refractivity contribution >= 4 is 40.2 Å². The molecule has 1 N–H and O–H groups in total. The zero-order valence-corrected chi connectivity index (χ0v) is 18.2. The van der Waals surface area contributed by atoms with Crippen LogP contribution in [0.25, 0.3) is 10.9 Å². The van der Waals surface area contributed by atoms with Gasteiger partial charge in [-0.2, -0.15) is 5.26 Å². The number of aromatic nitrogens is 1. The lowest BCUT2D eigenvalue weighted by molar-refractivity contribution is -0.129. The van der Waals surface area contributed by atoms with Gasteiger partial charge in [-0.1, -0.05) is 6.92 Å². The molecule has 31 heavy (non-hydrogen) atoms. The number of thioether (sulfide) groups is 1. The van der Waals surface area contributed by atoms with Gasteiger partial charge in [0, 0.05) is 29.6 Å². The quantitative estimate of drug-likeness (QED) is 0.761. The van der Waals surface area contributed by atoms with E-state index in [2.05, 4.69) is 28.2 Å². The largest absolute Gasteiger partial charge is 0.377 e. The summed E-state index contributed by atoms with van der Waals surface area (Å²) in [6.07, 6.45) is 2.57. The molecule has 1 aromatic carbocycles. The van der Waals surface area contributed by atoms with E-state index in [-0.39, 0.29) is 18.4 Å². The maximum absolute atomic E-state index is 12.9. The summed E-state index contributed by atoms with van der Waals surface area (Å²) in [6, 6.07) is 9.62. The molecule has 2 fully saturated rings. The molecular weight excluding hydrogens is 414 g/mol. The van der Waals surface area contributed by atoms with Gasteiger partial charge in [0.05, 0.1) is 48.8 Å². The van der Waals surface area contributed by atoms with Gasteiger partial charge in [-0.05, 0) is 30.7 Å². The highest BCUT2D eigenvalue weighted by Gasteiger charge is 2.29. The Kier molecular flexibility index (Phi) is 6.59. The number of pyridine rings is 1. The van der Waals surface area contributed by atoms with E-state index < -0.39 is 6.04 Å². The first-order valence-electron chi connectivity index (χ1n) is 10.4. The Labute approximate surface area is 185 Å². The molecule has 8 nitrogen and oxygen atoms in total. The van der Waals surface area contributed by atoms with E-state index in [9.17, 15) is 9.59 Å². The molecule has 2 atom stereocenters. The molecule has 2 aliphatic heterocycles. The Bertz CT molecular complexity index is 1020. The minimum atomic E-state index is -0.432. The summed E-state index contributed by atoms with van der Waals surface area (Å²) in [5, 5.41) is 12.6. The van der Waals surface area contributed by atoms with E-state index in [0.29, 0.717) is 36.4 Å². The smallest absolute Gasteiger partial charge is 0.252 e. The zero-order chi connectivity index (χ0) is 21.8. The van der Waals surface area contributed by atoms with Crippen molar-refractivity contribution in [1.29, 1.82) is 5.26 Å². The van der Waals surface area contributed by atoms with Crippen LogP contribution in [0, 0.1) is 11.3 Å². The molecule has 1 aromatic heterocycles. The summed E-state index contributed by atoms with van der Waals surface area (Å²) in [4.78, 5) is 33.6. The number of anilines is 1. The molecule has 0 bridgehead atoms. The van der Waals surface area contributed by atoms with Crippen LogP contribution >= 0.6 is 11.8 Å². The highest BCUT2D eigenvalue weighted by atomic mass is 32.2. The van der Waals surface area contributed by atoms with Crippen LogP contribution in [-0.2, 0) is 9.53 Å². The van der Waals surface area contributed by atoms with Crippen molar-refractivity contribution in [2.45, 2.75) is 25.4 Å². The number of benzene rings is 1. The van der Waals surface area contributed by atoms with E-state index in [1.54, 1.807) is 24.0 Å². The number of carbonyl (C=O) groups is 2. The van der Waals surface area contributed by atoms with Crippen molar-refractivity contribution in [1.82, 2.24) is 15.2 Å². The third-order valence-corrected chi connectivity index (χ3v) is 6.76. The lowest BCUT2D eigenvalue weighted by Crippen LogP contribution is -2.45. The monoisotopic (exact) mass is 439 g/mol. The molecular formula is C22H25N5O3S. The number of fused-ring (bicyclic) bond motifs is 1. The summed E-state index contributed by atoms with van der Waals surface area (Å²) in [7, 11) is 0. The molecule has 4 rings (SSSR count). The van der Waals surface area contributed by atoms with Crippen LogP contribution in [0.4, 0.5) is 5.69 Å². The Morgan fingerprint density at radius 3 is 3.06 bits per heavy atom. The Balaban J connectivity index is 1.53. The second-order valence-electron chi connectivity index (χ2n) is 7.58. The minimum Gasteiger partial charge on any atom is -0.377 e. The predicted molar refractivity (Wildman–Crippen MR) is 120 cm³/mol. The molecule has 162 valence electrons. The second-order valence-corrected chi connectivity index (χ2v) is 8.58. The summed E-state index contributed by atoms with van der Waals surface area (Å²) < 4.78 is 5.61. The minimum absolute atomic E-state index is 0.136. The molecule has 2 saturated heterocycles. The van der Waals surface area contributed by atoms with Gasteiger partial charge in [0.25, 0.3) is 5.91 Å². The normalized spacial score (nSPS) is 21.2. The standard InChI is InChI=1S/C22H25N5O3S/c1-2-15-12-30-8-7-26(15)16-3-4-20-19(9-16)18(5-6-24-20)22(29)25-11-21(28)27-14-31-13-17(27)10-23/h3-6,9,15,17H,2,7-8,11-14H2,1H3,(H,25,29). The number of rotatable bonds is 5. The average molecular weight is 440 g/mol. The fourth-order valence-corrected chi connectivity index (χ4v) is 5.10. The van der Waals surface area contributed by atoms with Crippen molar-refractivity contribution in [3.63, 3.8) is 0 Å². The molecule has 9 heteroatoms. The average Bonchev–Trinajstić information content (AvgIpc) is 3.30. The fraction of sp³-hybridized carbons (Fsp3) is 0.455. The highest BCUT2D eigenvalue weighted by Crippen LogP contribution is 2.27. The number of carbonyl (C=O) groups excluding carboxylic acids is 2. The molecule has 0 saturated carbocycles. The second kappa shape index (κ2) is 9.54. The van der Waals surface area contributed by atoms with Gasteiger partial charge in [-0.25, -0.2) is 0 Å². The van der Waals surface area contributed by atoms with Gasteiger partial charge >= 0.3 is 0 Å². The van der Waals surface area contributed by atoms with Crippen LogP contribution < -0.4 is 10.2 Å². The van der Waals surface area contributed by atoms with Crippen LogP contribution in [0.2, 0.25) is 0 Å². The van der Waals surface area contributed by atoms with Crippen LogP contribution in [0.15, 0.2) is 30.5 Å². The summed E-state index contributed by atoms with van der Waals surface area (Å²) >= 11 is 1.54. The molecule has 2 unspecified atom stereocenters. The van der Waals surface area contributed by atoms with Gasteiger partial charge in [0.15, 0.2) is 0 Å². The number of amides is 2. The number of nitriles is 1. The zero-order valence-electron chi connectivity index (χ0n) is 17.4. The van der Waals surface area contributed by atoms with Gasteiger partial charge in [-0.3, -0.25) is 14.6 Å². The van der Waals surface area contributed by atoms with Crippen molar-refractivity contribution in [2.75, 3.05) is 42.8 Å². The molecule has 2 aromatic rings. The van der Waals surface area contributed by atoms with E-state index in [0.717, 1.165) is 29.6 Å². The molecule has 3 heterocycles. The van der Waals surface area contributed by atoms with Gasteiger partial charge < -0.3 is 19.9 Å². The number of hydrogen-bond acceptors (Lipinski definition) is 7. The lowest BCUT2D eigenvalue weighted by Gasteiger charge is -2.37. The summed E-state index contributed by atoms with van der Waals surface area (Å²) in [6.45, 7) is 4.17. The van der Waals surface area contributed by atoms with Gasteiger partial charge in [0.1, 0.15) is 6.04 Å². The fourth-order valence-electron chi connectivity index (χ4n) is 3.99. The van der Waals surface area contributed by atoms with Gasteiger partial charge in [-0.15, -0.1) is 11.8 Å². The van der Waals surface area contributed by atoms with E-state index in [4.69, 9.17) is 10.00 Å². The summed E-state index contributed by atoms with van der Waals surface area (Å²) in [5.74, 6) is 0.510. The Hall–Kier alpha value is -2.83. The molecule has 0 aliphatic carbocycles. The Morgan fingerprint density at radius 1 is 1.39 bits per heavy atom. The molecule has 0 radical (unpaired) electrons. The lowest BCUT2D eigenvalue weighted by atomic mass is 10.1. The summed E-state index contributed by atoms with van der Waals surface area (Å²) in [5.41, 5.74) is 2.24. The van der Waals surface area contributed by atoms with Crippen molar-refractivity contribution in [3.8, 4) is 6.07 Å². The third-order valence-electron chi connectivity index (χ3n) is 5.75. The predicted octanol–water partition coefficient (Wildman–Crippen LogP) is 2.00. The van der Waals surface area contributed by atoms with Crippen LogP contribution in [0.1, 0.15) is 23.7 Å². The van der Waals surface area contributed by atoms with E-state index >= 15 is 0 Å². The van der Waals surface area contributed by atoms with Crippen LogP contribution in [0.5, 0.6) is 0 Å². The SMILES string of the molecule is CCC1COCCN1c1ccc2nccc(C(=O)NCC(=O)N3CSCC3C#N)c2c1. The highest BCUT2D eigenvalue weighted by molar-refractivity contribution is 7.99. The van der Waals surface area contributed by atoms with Crippen LogP contribution in [0.3, 0.4) is 0 Å². The van der Waals surface area contributed by atoms with Crippen LogP contribution in [-0.4, -0.2) is 71.7 Å². The van der Waals surface area contributed by atoms with Crippen molar-refractivity contribution < 1.29 is 14.3 Å². The topological polar surface area (TPSA) is 98.6 Å². The first-order valence-corrected chi connectivity index (χ1v) is 11.6. The third kappa shape index (κ3) is 4.45. The Morgan fingerprint density at radius 2 is 2.26 bits per heavy atom. The van der Waals surface area contributed by atoms with Gasteiger partial charge in [0.2, 0.25) is 5.91 Å². The number of morpholine rings is 1. The van der Waals surface area contributed by atoms with Crippen molar-refractivity contribution in [2.24, 2.45) is 0 Å². The maximum atomic E-state index is 12.9. The molecule has 2 aliphatic rings. The number of nitrogens with one attached hydrogen (secondary N) is 1. The van der Waals surface area contributed by atoms with E-state index in [1.807, 2.05) is 18.2 Å². The van der Waals surface area contributed by atoms with E-state index in [1.165, 1.54) is 4.90 Å². The number of nitrogens with zero attached hydrogens (tertiary/aromatic N) is 4. The number of ether oxygens (including phenoxy) is 1. The molecule has 2 amide bonds. The molecule has 0 spiro atoms. The first kappa shape index (κ1) is 21.4.